The van der Waals surface area contributed by atoms with Gasteiger partial charge in [-0.25, -0.2) is 4.99 Å². The number of nitrogens with zero attached hydrogens (tertiary/aromatic N) is 1. The molecule has 0 aromatic carbocycles. The average molecular weight is 212 g/mol. The minimum Gasteiger partial charge on any atom is -0.329 e. The van der Waals surface area contributed by atoms with Crippen molar-refractivity contribution in [2.75, 3.05) is 0 Å². The molecule has 1 aliphatic carbocycles. The van der Waals surface area contributed by atoms with E-state index in [2.05, 4.69) is 10.3 Å². The monoisotopic (exact) mass is 212 g/mol. The number of allylic oxidation sites excluding steroid dienone is 3. The summed E-state index contributed by atoms with van der Waals surface area (Å²) < 4.78 is 21.2. The predicted octanol–water partition coefficient (Wildman–Crippen LogP) is -0.179. The van der Waals surface area contributed by atoms with Crippen molar-refractivity contribution in [1.29, 1.82) is 0 Å². The van der Waals surface area contributed by atoms with Crippen LogP contribution in [0.5, 0.6) is 0 Å². The summed E-state index contributed by atoms with van der Waals surface area (Å²) in [6.45, 7) is 0. The Morgan fingerprint density at radius 3 is 2.85 bits per heavy atom. The van der Waals surface area contributed by atoms with Crippen molar-refractivity contribution in [3.8, 4) is 0 Å². The van der Waals surface area contributed by atoms with Crippen molar-refractivity contribution < 1.29 is 8.42 Å². The molecule has 66 valence electrons. The summed E-state index contributed by atoms with van der Waals surface area (Å²) in [6, 6.07) is 0. The van der Waals surface area contributed by atoms with E-state index in [0.29, 0.717) is 16.5 Å². The van der Waals surface area contributed by atoms with Gasteiger partial charge in [-0.05, 0) is 30.4 Å². The lowest BCUT2D eigenvalue weighted by molar-refractivity contribution is 0.627. The summed E-state index contributed by atoms with van der Waals surface area (Å²) in [5, 5.41) is 3.15. The first-order valence-electron chi connectivity index (χ1n) is 3.43. The maximum Gasteiger partial charge on any atom is 0.221 e. The highest BCUT2D eigenvalue weighted by Crippen LogP contribution is 2.10. The van der Waals surface area contributed by atoms with Crippen LogP contribution in [0, 0.1) is 0 Å². The molecule has 0 saturated heterocycles. The average Bonchev–Trinajstić information content (AvgIpc) is 2.42. The zero-order valence-corrected chi connectivity index (χ0v) is 7.95. The van der Waals surface area contributed by atoms with E-state index >= 15 is 0 Å². The molecule has 4 nitrogen and oxygen atoms in total. The van der Waals surface area contributed by atoms with Gasteiger partial charge in [0.25, 0.3) is 0 Å². The van der Waals surface area contributed by atoms with Gasteiger partial charge in [-0.2, -0.15) is 8.42 Å². The van der Waals surface area contributed by atoms with E-state index in [-0.39, 0.29) is 4.86 Å². The second-order valence-corrected chi connectivity index (χ2v) is 3.78. The summed E-state index contributed by atoms with van der Waals surface area (Å²) in [5.74, 6) is 0. The number of fused-ring (bicyclic) bond motifs is 1. The molecule has 1 aliphatic heterocycles. The smallest absolute Gasteiger partial charge is 0.221 e. The van der Waals surface area contributed by atoms with Crippen molar-refractivity contribution in [3.63, 3.8) is 0 Å². The Kier molecular flexibility index (Phi) is 1.86. The van der Waals surface area contributed by atoms with Gasteiger partial charge in [-0.1, -0.05) is 0 Å². The van der Waals surface area contributed by atoms with Crippen molar-refractivity contribution in [3.05, 3.63) is 23.9 Å². The molecule has 0 unspecified atom stereocenters. The second-order valence-electron chi connectivity index (χ2n) is 2.46. The van der Waals surface area contributed by atoms with Gasteiger partial charge >= 0.3 is 0 Å². The van der Waals surface area contributed by atoms with Crippen molar-refractivity contribution in [1.82, 2.24) is 5.32 Å². The van der Waals surface area contributed by atoms with E-state index in [1.807, 2.05) is 0 Å². The van der Waals surface area contributed by atoms with Gasteiger partial charge in [0.1, 0.15) is 0 Å². The van der Waals surface area contributed by atoms with Gasteiger partial charge in [0, 0.05) is 0 Å². The molecule has 2 rings (SSSR count). The maximum absolute atomic E-state index is 10.6. The van der Waals surface area contributed by atoms with Gasteiger partial charge in [0.15, 0.2) is 5.11 Å². The highest BCUT2D eigenvalue weighted by atomic mass is 32.2. The highest BCUT2D eigenvalue weighted by molar-refractivity contribution is 7.80. The summed E-state index contributed by atoms with van der Waals surface area (Å²) in [7, 11) is -2.21. The third-order valence-corrected chi connectivity index (χ3v) is 2.46. The maximum atomic E-state index is 10.6. The van der Waals surface area contributed by atoms with Crippen LogP contribution < -0.4 is 5.32 Å². The molecular weight excluding hydrogens is 208 g/mol. The number of aliphatic imine (C=N–C) groups is 1. The number of rotatable bonds is 0. The van der Waals surface area contributed by atoms with Crippen LogP contribution in [-0.4, -0.2) is 24.1 Å². The van der Waals surface area contributed by atoms with E-state index in [1.54, 1.807) is 6.08 Å². The largest absolute Gasteiger partial charge is 0.329 e. The molecule has 6 heteroatoms. The van der Waals surface area contributed by atoms with E-state index in [9.17, 15) is 8.42 Å². The number of hydrogen-bond acceptors (Lipinski definition) is 3. The van der Waals surface area contributed by atoms with Crippen molar-refractivity contribution >= 4 is 38.2 Å². The van der Waals surface area contributed by atoms with Crippen LogP contribution in [0.15, 0.2) is 28.9 Å². The Balaban J connectivity index is 2.56. The topological polar surface area (TPSA) is 58.5 Å². The lowest BCUT2D eigenvalue weighted by Crippen LogP contribution is -2.17. The van der Waals surface area contributed by atoms with Crippen LogP contribution >= 0.6 is 12.2 Å². The van der Waals surface area contributed by atoms with Crippen molar-refractivity contribution in [2.24, 2.45) is 4.99 Å². The molecule has 0 aromatic heterocycles. The predicted molar refractivity (Wildman–Crippen MR) is 54.3 cm³/mol. The van der Waals surface area contributed by atoms with Gasteiger partial charge in [0.2, 0.25) is 10.3 Å². The molecule has 0 aromatic rings. The normalized spacial score (nSPS) is 19.1. The fraction of sp³-hybridized carbons (Fsp3) is 0. The molecule has 0 atom stereocenters. The highest BCUT2D eigenvalue weighted by Gasteiger charge is 2.17. The standard InChI is InChI=1S/C7H4N2O2S2/c10-13(11)4-1-2-5-6(3-4)9-7(12)8-5/h1-3H,(H,9,12). The van der Waals surface area contributed by atoms with Crippen LogP contribution in [0.3, 0.4) is 0 Å². The first-order chi connectivity index (χ1) is 6.16. The zero-order chi connectivity index (χ0) is 9.42. The number of nitrogens with one attached hydrogen (secondary N) is 1. The van der Waals surface area contributed by atoms with Gasteiger partial charge in [-0.3, -0.25) is 0 Å². The lowest BCUT2D eigenvalue weighted by Gasteiger charge is -2.02. The third-order valence-electron chi connectivity index (χ3n) is 1.62. The number of thiocarbonyl (C=S) groups is 1. The Hall–Kier alpha value is -1.27. The van der Waals surface area contributed by atoms with Crippen LogP contribution in [-0.2, 0) is 10.3 Å². The van der Waals surface area contributed by atoms with Crippen LogP contribution in [0.1, 0.15) is 0 Å². The summed E-state index contributed by atoms with van der Waals surface area (Å²) in [5.41, 5.74) is 1.32. The van der Waals surface area contributed by atoms with E-state index in [1.165, 1.54) is 12.2 Å². The summed E-state index contributed by atoms with van der Waals surface area (Å²) >= 11 is 4.80. The van der Waals surface area contributed by atoms with E-state index < -0.39 is 10.3 Å². The molecule has 0 saturated carbocycles. The van der Waals surface area contributed by atoms with Crippen LogP contribution in [0.2, 0.25) is 0 Å². The molecule has 13 heavy (non-hydrogen) atoms. The van der Waals surface area contributed by atoms with Crippen molar-refractivity contribution in [2.45, 2.75) is 0 Å². The Morgan fingerprint density at radius 2 is 2.15 bits per heavy atom. The Bertz CT molecular complexity index is 501. The van der Waals surface area contributed by atoms with Gasteiger partial charge in [-0.15, -0.1) is 0 Å². The van der Waals surface area contributed by atoms with E-state index in [4.69, 9.17) is 12.2 Å². The van der Waals surface area contributed by atoms with Gasteiger partial charge in [0.05, 0.1) is 16.3 Å². The SMILES string of the molecule is O=S(=O)=C1C=CC2=NC(=S)NC2=C1. The molecule has 0 radical (unpaired) electrons. The molecular formula is C7H4N2O2S2. The second kappa shape index (κ2) is 2.90. The van der Waals surface area contributed by atoms with Gasteiger partial charge < -0.3 is 5.32 Å². The minimum absolute atomic E-state index is 0.228. The molecule has 0 fully saturated rings. The first kappa shape index (κ1) is 8.33. The molecule has 0 spiro atoms. The fourth-order valence-corrected chi connectivity index (χ4v) is 1.67. The lowest BCUT2D eigenvalue weighted by atomic mass is 10.1. The Morgan fingerprint density at radius 1 is 1.38 bits per heavy atom. The Labute approximate surface area is 81.2 Å². The molecule has 1 N–H and O–H groups in total. The summed E-state index contributed by atoms with van der Waals surface area (Å²) in [6.07, 6.45) is 4.61. The fourth-order valence-electron chi connectivity index (χ4n) is 1.07. The molecule has 2 aliphatic rings. The summed E-state index contributed by atoms with van der Waals surface area (Å²) in [4.78, 5) is 4.20. The van der Waals surface area contributed by atoms with E-state index in [0.717, 1.165) is 0 Å². The molecule has 0 bridgehead atoms. The van der Waals surface area contributed by atoms with Crippen LogP contribution in [0.4, 0.5) is 0 Å². The first-order valence-corrected chi connectivity index (χ1v) is 4.91. The third kappa shape index (κ3) is 1.45. The zero-order valence-electron chi connectivity index (χ0n) is 6.31. The minimum atomic E-state index is -2.21. The van der Waals surface area contributed by atoms with Crippen LogP contribution in [0.25, 0.3) is 0 Å². The number of hydrogen-bond donors (Lipinski definition) is 1. The molecule has 0 amide bonds. The quantitative estimate of drug-likeness (QED) is 0.566. The molecule has 1 heterocycles.